The lowest BCUT2D eigenvalue weighted by Crippen LogP contribution is -2.55. The number of carbonyl (C=O) groups is 2. The van der Waals surface area contributed by atoms with E-state index in [9.17, 15) is 14.7 Å². The van der Waals surface area contributed by atoms with Gasteiger partial charge >= 0.3 is 0 Å². The van der Waals surface area contributed by atoms with Crippen LogP contribution < -0.4 is 11.1 Å². The molecule has 35 heavy (non-hydrogen) atoms. The lowest BCUT2D eigenvalue weighted by atomic mass is 10.0. The van der Waals surface area contributed by atoms with Crippen LogP contribution in [0.1, 0.15) is 34.1 Å². The Morgan fingerprint density at radius 3 is 2.46 bits per heavy atom. The maximum atomic E-state index is 13.3. The van der Waals surface area contributed by atoms with Crippen LogP contribution in [0, 0.1) is 5.92 Å². The molecule has 1 fully saturated rings. The van der Waals surface area contributed by atoms with Crippen molar-refractivity contribution in [1.29, 1.82) is 0 Å². The lowest BCUT2D eigenvalue weighted by Gasteiger charge is -2.38. The van der Waals surface area contributed by atoms with E-state index >= 15 is 0 Å². The molecule has 13 nitrogen and oxygen atoms in total. The van der Waals surface area contributed by atoms with E-state index < -0.39 is 11.6 Å². The molecular weight excluding hydrogens is 454 g/mol. The molecule has 1 aliphatic heterocycles. The number of carbonyl (C=O) groups excluding carboxylic acids is 2. The summed E-state index contributed by atoms with van der Waals surface area (Å²) >= 11 is 0. The van der Waals surface area contributed by atoms with Gasteiger partial charge in [-0.3, -0.25) is 9.59 Å². The number of aliphatic hydroxyl groups is 1. The molecule has 1 atom stereocenters. The molecule has 4 heterocycles. The van der Waals surface area contributed by atoms with E-state index in [1.807, 2.05) is 13.8 Å². The lowest BCUT2D eigenvalue weighted by molar-refractivity contribution is -0.142. The van der Waals surface area contributed by atoms with Crippen molar-refractivity contribution in [2.24, 2.45) is 5.92 Å². The normalized spacial score (nSPS) is 15.6. The van der Waals surface area contributed by atoms with Crippen LogP contribution in [0.2, 0.25) is 0 Å². The largest absolute Gasteiger partial charge is 0.461 e. The van der Waals surface area contributed by atoms with Crippen LogP contribution >= 0.6 is 0 Å². The van der Waals surface area contributed by atoms with Crippen molar-refractivity contribution < 1.29 is 19.1 Å². The molecule has 0 bridgehead atoms. The third-order valence-electron chi connectivity index (χ3n) is 5.72. The van der Waals surface area contributed by atoms with Crippen LogP contribution in [0.4, 0.5) is 11.9 Å². The summed E-state index contributed by atoms with van der Waals surface area (Å²) in [4.78, 5) is 42.1. The highest BCUT2D eigenvalue weighted by molar-refractivity contribution is 5.85. The number of piperazine rings is 1. The fraction of sp³-hybridized carbons (Fsp3) is 0.545. The zero-order valence-corrected chi connectivity index (χ0v) is 20.3. The summed E-state index contributed by atoms with van der Waals surface area (Å²) in [5.41, 5.74) is 5.00. The molecule has 13 heteroatoms. The van der Waals surface area contributed by atoms with Crippen LogP contribution in [0.5, 0.6) is 0 Å². The minimum absolute atomic E-state index is 0.0443. The number of aromatic nitrogens is 5. The molecule has 1 saturated heterocycles. The first-order valence-corrected chi connectivity index (χ1v) is 11.5. The maximum absolute atomic E-state index is 13.3. The van der Waals surface area contributed by atoms with E-state index in [2.05, 4.69) is 25.4 Å². The van der Waals surface area contributed by atoms with Crippen LogP contribution in [0.15, 0.2) is 22.8 Å². The SMILES string of the molecule is CC(C)[C@H](Nc1nc(N)n2nc(-c3ccco3)nc2n1)C(=O)N1CCN(C(=O)CC(C)(C)O)CC1. The monoisotopic (exact) mass is 485 g/mol. The van der Waals surface area contributed by atoms with Gasteiger partial charge in [-0.15, -0.1) is 5.10 Å². The van der Waals surface area contributed by atoms with Gasteiger partial charge in [-0.05, 0) is 31.9 Å². The van der Waals surface area contributed by atoms with Crippen molar-refractivity contribution in [3.8, 4) is 11.6 Å². The number of nitrogens with two attached hydrogens (primary N) is 1. The van der Waals surface area contributed by atoms with Gasteiger partial charge in [-0.25, -0.2) is 0 Å². The number of fused-ring (bicyclic) bond motifs is 1. The molecule has 0 aromatic carbocycles. The van der Waals surface area contributed by atoms with Crippen molar-refractivity contribution in [3.63, 3.8) is 0 Å². The molecule has 3 aromatic rings. The van der Waals surface area contributed by atoms with Crippen LogP contribution in [-0.2, 0) is 9.59 Å². The van der Waals surface area contributed by atoms with Gasteiger partial charge < -0.3 is 30.4 Å². The van der Waals surface area contributed by atoms with E-state index in [1.165, 1.54) is 10.8 Å². The summed E-state index contributed by atoms with van der Waals surface area (Å²) < 4.78 is 6.63. The molecule has 3 aromatic heterocycles. The van der Waals surface area contributed by atoms with E-state index in [-0.39, 0.29) is 41.8 Å². The zero-order valence-electron chi connectivity index (χ0n) is 20.3. The second-order valence-electron chi connectivity index (χ2n) is 9.59. The Kier molecular flexibility index (Phi) is 6.61. The van der Waals surface area contributed by atoms with E-state index in [0.717, 1.165) is 0 Å². The summed E-state index contributed by atoms with van der Waals surface area (Å²) in [6.45, 7) is 8.69. The van der Waals surface area contributed by atoms with E-state index in [4.69, 9.17) is 10.2 Å². The highest BCUT2D eigenvalue weighted by atomic mass is 16.3. The number of nitrogens with zero attached hydrogens (tertiary/aromatic N) is 7. The second-order valence-corrected chi connectivity index (χ2v) is 9.59. The molecule has 4 rings (SSSR count). The number of hydrogen-bond acceptors (Lipinski definition) is 10. The van der Waals surface area contributed by atoms with E-state index in [1.54, 1.807) is 35.8 Å². The standard InChI is InChI=1S/C22H31N9O4/c1-13(2)16(18(33)30-9-7-29(8-10-30)15(32)12-22(3,4)34)24-20-26-19(23)31-21(27-20)25-17(28-31)14-6-5-11-35-14/h5-6,11,13,16,34H,7-10,12H2,1-4H3,(H3,23,24,25,26,27,28)/t16-/m0/s1. The molecule has 4 N–H and O–H groups in total. The van der Waals surface area contributed by atoms with Crippen LogP contribution in [-0.4, -0.2) is 89.1 Å². The first-order chi connectivity index (χ1) is 16.5. The third kappa shape index (κ3) is 5.50. The summed E-state index contributed by atoms with van der Waals surface area (Å²) in [7, 11) is 0. The van der Waals surface area contributed by atoms with Crippen molar-refractivity contribution in [1.82, 2.24) is 34.4 Å². The van der Waals surface area contributed by atoms with Gasteiger partial charge in [0.05, 0.1) is 18.3 Å². The number of anilines is 2. The van der Waals surface area contributed by atoms with Gasteiger partial charge in [0.1, 0.15) is 6.04 Å². The smallest absolute Gasteiger partial charge is 0.259 e. The Bertz CT molecular complexity index is 1190. The highest BCUT2D eigenvalue weighted by Crippen LogP contribution is 2.20. The van der Waals surface area contributed by atoms with Crippen molar-refractivity contribution in [2.75, 3.05) is 37.2 Å². The second kappa shape index (κ2) is 9.49. The topological polar surface area (TPSA) is 168 Å². The van der Waals surface area contributed by atoms with Crippen molar-refractivity contribution >= 4 is 29.5 Å². The molecule has 0 radical (unpaired) electrons. The first-order valence-electron chi connectivity index (χ1n) is 11.5. The number of hydrogen-bond donors (Lipinski definition) is 3. The van der Waals surface area contributed by atoms with Crippen LogP contribution in [0.3, 0.4) is 0 Å². The summed E-state index contributed by atoms with van der Waals surface area (Å²) in [6.07, 6.45) is 1.56. The summed E-state index contributed by atoms with van der Waals surface area (Å²) in [6, 6.07) is 2.84. The number of nitrogens with one attached hydrogen (secondary N) is 1. The third-order valence-corrected chi connectivity index (χ3v) is 5.72. The van der Waals surface area contributed by atoms with Crippen molar-refractivity contribution in [2.45, 2.75) is 45.8 Å². The van der Waals surface area contributed by atoms with Crippen molar-refractivity contribution in [3.05, 3.63) is 18.4 Å². The Morgan fingerprint density at radius 1 is 1.17 bits per heavy atom. The van der Waals surface area contributed by atoms with Gasteiger partial charge in [-0.1, -0.05) is 13.8 Å². The Labute approximate surface area is 202 Å². The molecule has 0 spiro atoms. The molecule has 2 amide bonds. The number of nitrogen functional groups attached to an aromatic ring is 1. The maximum Gasteiger partial charge on any atom is 0.259 e. The van der Waals surface area contributed by atoms with Gasteiger partial charge in [0.2, 0.25) is 29.5 Å². The quantitative estimate of drug-likeness (QED) is 0.431. The van der Waals surface area contributed by atoms with Gasteiger partial charge in [-0.2, -0.15) is 19.5 Å². The molecule has 1 aliphatic rings. The number of amides is 2. The van der Waals surface area contributed by atoms with Crippen LogP contribution in [0.25, 0.3) is 17.4 Å². The van der Waals surface area contributed by atoms with Gasteiger partial charge in [0.25, 0.3) is 5.78 Å². The molecular formula is C22H31N9O4. The minimum atomic E-state index is -1.07. The average molecular weight is 486 g/mol. The highest BCUT2D eigenvalue weighted by Gasteiger charge is 2.32. The molecule has 0 aliphatic carbocycles. The molecule has 0 saturated carbocycles. The molecule has 188 valence electrons. The first kappa shape index (κ1) is 24.4. The van der Waals surface area contributed by atoms with Gasteiger partial charge in [0, 0.05) is 26.2 Å². The predicted octanol–water partition coefficient (Wildman–Crippen LogP) is 0.630. The zero-order chi connectivity index (χ0) is 25.3. The number of rotatable bonds is 7. The number of furan rings is 1. The average Bonchev–Trinajstić information content (AvgIpc) is 3.46. The summed E-state index contributed by atoms with van der Waals surface area (Å²) in [5, 5.41) is 17.3. The fourth-order valence-electron chi connectivity index (χ4n) is 3.89. The fourth-order valence-corrected chi connectivity index (χ4v) is 3.89. The summed E-state index contributed by atoms with van der Waals surface area (Å²) in [5.74, 6) is 0.935. The predicted molar refractivity (Wildman–Crippen MR) is 127 cm³/mol. The Hall–Kier alpha value is -3.74. The van der Waals surface area contributed by atoms with Gasteiger partial charge in [0.15, 0.2) is 5.76 Å². The minimum Gasteiger partial charge on any atom is -0.461 e. The Balaban J connectivity index is 1.45. The van der Waals surface area contributed by atoms with E-state index in [0.29, 0.717) is 37.8 Å². The Morgan fingerprint density at radius 2 is 1.86 bits per heavy atom. The molecule has 0 unspecified atom stereocenters.